The average Bonchev–Trinajstić information content (AvgIpc) is 2.81. The Morgan fingerprint density at radius 3 is 2.78 bits per heavy atom. The van der Waals surface area contributed by atoms with Crippen molar-refractivity contribution in [2.24, 2.45) is 0 Å². The van der Waals surface area contributed by atoms with Crippen LogP contribution in [0.2, 0.25) is 0 Å². The molecule has 2 aromatic rings. The molecule has 0 aliphatic rings. The van der Waals surface area contributed by atoms with Crippen LogP contribution in [-0.2, 0) is 13.1 Å². The van der Waals surface area contributed by atoms with Crippen LogP contribution in [0.5, 0.6) is 0 Å². The van der Waals surface area contributed by atoms with E-state index in [4.69, 9.17) is 5.73 Å². The van der Waals surface area contributed by atoms with Crippen molar-refractivity contribution in [2.75, 3.05) is 5.73 Å². The number of hydrogen-bond donors (Lipinski definition) is 1. The number of anilines is 1. The summed E-state index contributed by atoms with van der Waals surface area (Å²) in [5.74, 6) is 0. The maximum absolute atomic E-state index is 12.1. The molecule has 18 heavy (non-hydrogen) atoms. The Balaban J connectivity index is 2.38. The zero-order chi connectivity index (χ0) is 13.3. The SMILES string of the molecule is CCn1cc(Cn2cc(N)c(C)c(Br)c2=O)cn1. The van der Waals surface area contributed by atoms with Gasteiger partial charge in [0, 0.05) is 24.5 Å². The highest BCUT2D eigenvalue weighted by Gasteiger charge is 2.09. The van der Waals surface area contributed by atoms with Crippen LogP contribution >= 0.6 is 15.9 Å². The summed E-state index contributed by atoms with van der Waals surface area (Å²) in [7, 11) is 0. The van der Waals surface area contributed by atoms with E-state index in [2.05, 4.69) is 21.0 Å². The quantitative estimate of drug-likeness (QED) is 0.939. The van der Waals surface area contributed by atoms with Gasteiger partial charge in [-0.05, 0) is 35.3 Å². The van der Waals surface area contributed by atoms with Gasteiger partial charge in [-0.25, -0.2) is 0 Å². The van der Waals surface area contributed by atoms with Gasteiger partial charge in [-0.3, -0.25) is 9.48 Å². The summed E-state index contributed by atoms with van der Waals surface area (Å²) in [6.45, 7) is 5.13. The summed E-state index contributed by atoms with van der Waals surface area (Å²) in [6.07, 6.45) is 5.36. The number of nitrogen functional groups attached to an aromatic ring is 1. The van der Waals surface area contributed by atoms with E-state index in [1.807, 2.05) is 24.7 Å². The minimum Gasteiger partial charge on any atom is -0.397 e. The molecule has 0 radical (unpaired) electrons. The Bertz CT molecular complexity index is 629. The van der Waals surface area contributed by atoms with Gasteiger partial charge in [0.05, 0.1) is 22.9 Å². The van der Waals surface area contributed by atoms with Crippen LogP contribution in [0.25, 0.3) is 0 Å². The fourth-order valence-electron chi connectivity index (χ4n) is 1.71. The third-order valence-electron chi connectivity index (χ3n) is 2.87. The zero-order valence-corrected chi connectivity index (χ0v) is 11.9. The number of nitrogens with two attached hydrogens (primary N) is 1. The third-order valence-corrected chi connectivity index (χ3v) is 3.80. The van der Waals surface area contributed by atoms with E-state index in [0.717, 1.165) is 17.7 Å². The monoisotopic (exact) mass is 310 g/mol. The molecular formula is C12H15BrN4O. The van der Waals surface area contributed by atoms with Crippen molar-refractivity contribution in [3.63, 3.8) is 0 Å². The molecule has 0 atom stereocenters. The number of aromatic nitrogens is 3. The summed E-state index contributed by atoms with van der Waals surface area (Å²) in [5.41, 5.74) is 8.15. The maximum Gasteiger partial charge on any atom is 0.265 e. The van der Waals surface area contributed by atoms with Crippen molar-refractivity contribution < 1.29 is 0 Å². The lowest BCUT2D eigenvalue weighted by Gasteiger charge is -2.09. The molecule has 2 heterocycles. The van der Waals surface area contributed by atoms with Gasteiger partial charge < -0.3 is 10.3 Å². The van der Waals surface area contributed by atoms with E-state index < -0.39 is 0 Å². The third kappa shape index (κ3) is 2.33. The van der Waals surface area contributed by atoms with E-state index in [1.165, 1.54) is 0 Å². The predicted octanol–water partition coefficient (Wildman–Crippen LogP) is 1.77. The lowest BCUT2D eigenvalue weighted by Crippen LogP contribution is -2.22. The molecule has 0 aliphatic carbocycles. The summed E-state index contributed by atoms with van der Waals surface area (Å²) in [4.78, 5) is 12.1. The van der Waals surface area contributed by atoms with Crippen LogP contribution in [0.4, 0.5) is 5.69 Å². The van der Waals surface area contributed by atoms with Crippen molar-refractivity contribution in [1.29, 1.82) is 0 Å². The molecule has 0 amide bonds. The molecule has 0 bridgehead atoms. The first-order valence-electron chi connectivity index (χ1n) is 5.69. The minimum atomic E-state index is -0.0778. The van der Waals surface area contributed by atoms with Crippen LogP contribution < -0.4 is 11.3 Å². The minimum absolute atomic E-state index is 0.0778. The molecule has 0 aromatic carbocycles. The highest BCUT2D eigenvalue weighted by molar-refractivity contribution is 9.10. The van der Waals surface area contributed by atoms with E-state index in [9.17, 15) is 4.79 Å². The van der Waals surface area contributed by atoms with Crippen molar-refractivity contribution in [2.45, 2.75) is 26.9 Å². The Morgan fingerprint density at radius 1 is 1.44 bits per heavy atom. The Kier molecular flexibility index (Phi) is 3.56. The van der Waals surface area contributed by atoms with Crippen molar-refractivity contribution in [3.8, 4) is 0 Å². The molecule has 0 fully saturated rings. The first-order valence-corrected chi connectivity index (χ1v) is 6.48. The molecule has 2 N–H and O–H groups in total. The molecule has 0 unspecified atom stereocenters. The van der Waals surface area contributed by atoms with Crippen LogP contribution in [0.1, 0.15) is 18.1 Å². The molecule has 0 spiro atoms. The van der Waals surface area contributed by atoms with Crippen molar-refractivity contribution in [3.05, 3.63) is 44.5 Å². The number of hydrogen-bond acceptors (Lipinski definition) is 3. The van der Waals surface area contributed by atoms with Crippen molar-refractivity contribution in [1.82, 2.24) is 14.3 Å². The van der Waals surface area contributed by atoms with Crippen LogP contribution in [0, 0.1) is 6.92 Å². The lowest BCUT2D eigenvalue weighted by molar-refractivity contribution is 0.658. The standard InChI is InChI=1S/C12H15BrN4O/c1-3-17-6-9(4-15-17)5-16-7-10(14)8(2)11(13)12(16)18/h4,6-7H,3,5,14H2,1-2H3. The highest BCUT2D eigenvalue weighted by atomic mass is 79.9. The zero-order valence-electron chi connectivity index (χ0n) is 10.4. The summed E-state index contributed by atoms with van der Waals surface area (Å²) in [6, 6.07) is 0. The van der Waals surface area contributed by atoms with Crippen LogP contribution in [0.3, 0.4) is 0 Å². The maximum atomic E-state index is 12.1. The Morgan fingerprint density at radius 2 is 2.17 bits per heavy atom. The predicted molar refractivity (Wildman–Crippen MR) is 74.6 cm³/mol. The number of halogens is 1. The molecular weight excluding hydrogens is 296 g/mol. The van der Waals surface area contributed by atoms with E-state index >= 15 is 0 Å². The van der Waals surface area contributed by atoms with E-state index in [-0.39, 0.29) is 5.56 Å². The second-order valence-corrected chi connectivity index (χ2v) is 4.95. The average molecular weight is 311 g/mol. The fourth-order valence-corrected chi connectivity index (χ4v) is 2.17. The summed E-state index contributed by atoms with van der Waals surface area (Å²) >= 11 is 3.28. The van der Waals surface area contributed by atoms with Gasteiger partial charge in [-0.1, -0.05) is 0 Å². The molecule has 96 valence electrons. The molecule has 5 nitrogen and oxygen atoms in total. The van der Waals surface area contributed by atoms with Gasteiger partial charge in [-0.2, -0.15) is 5.10 Å². The first-order chi connectivity index (χ1) is 8.52. The molecule has 6 heteroatoms. The highest BCUT2D eigenvalue weighted by Crippen LogP contribution is 2.17. The first kappa shape index (κ1) is 12.9. The van der Waals surface area contributed by atoms with Gasteiger partial charge >= 0.3 is 0 Å². The smallest absolute Gasteiger partial charge is 0.265 e. The number of aryl methyl sites for hydroxylation is 1. The largest absolute Gasteiger partial charge is 0.397 e. The van der Waals surface area contributed by atoms with Gasteiger partial charge in [0.25, 0.3) is 5.56 Å². The molecule has 2 aromatic heterocycles. The summed E-state index contributed by atoms with van der Waals surface area (Å²) in [5, 5.41) is 4.18. The second-order valence-electron chi connectivity index (χ2n) is 4.16. The number of pyridine rings is 1. The number of nitrogens with zero attached hydrogens (tertiary/aromatic N) is 3. The van der Waals surface area contributed by atoms with Gasteiger partial charge in [0.2, 0.25) is 0 Å². The molecule has 0 saturated carbocycles. The molecule has 0 saturated heterocycles. The molecule has 0 aliphatic heterocycles. The second kappa shape index (κ2) is 4.97. The molecule has 2 rings (SSSR count). The normalized spacial score (nSPS) is 10.8. The fraction of sp³-hybridized carbons (Fsp3) is 0.333. The van der Waals surface area contributed by atoms with Gasteiger partial charge in [0.1, 0.15) is 0 Å². The Labute approximate surface area is 113 Å². The van der Waals surface area contributed by atoms with Crippen LogP contribution in [-0.4, -0.2) is 14.3 Å². The Hall–Kier alpha value is -1.56. The topological polar surface area (TPSA) is 65.8 Å². The van der Waals surface area contributed by atoms with E-state index in [1.54, 1.807) is 17.0 Å². The van der Waals surface area contributed by atoms with Crippen LogP contribution in [0.15, 0.2) is 27.9 Å². The number of rotatable bonds is 3. The summed E-state index contributed by atoms with van der Waals surface area (Å²) < 4.78 is 3.93. The van der Waals surface area contributed by atoms with Gasteiger partial charge in [0.15, 0.2) is 0 Å². The van der Waals surface area contributed by atoms with Crippen molar-refractivity contribution >= 4 is 21.6 Å². The lowest BCUT2D eigenvalue weighted by atomic mass is 10.2. The van der Waals surface area contributed by atoms with E-state index in [0.29, 0.717) is 16.7 Å². The van der Waals surface area contributed by atoms with Gasteiger partial charge in [-0.15, -0.1) is 0 Å².